The number of aromatic nitrogens is 5. The van der Waals surface area contributed by atoms with Crippen molar-refractivity contribution in [2.24, 2.45) is 11.7 Å². The van der Waals surface area contributed by atoms with Crippen LogP contribution in [0.25, 0.3) is 0 Å². The Morgan fingerprint density at radius 1 is 1.23 bits per heavy atom. The van der Waals surface area contributed by atoms with E-state index in [2.05, 4.69) is 39.3 Å². The Bertz CT molecular complexity index is 748. The largest absolute Gasteiger partial charge is 0.370 e. The van der Waals surface area contributed by atoms with Gasteiger partial charge < -0.3 is 10.3 Å². The first-order chi connectivity index (χ1) is 12.4. The maximum atomic E-state index is 12.3. The summed E-state index contributed by atoms with van der Waals surface area (Å²) < 4.78 is 1.95. The SMILES string of the molecule is CC(C)Cn1c(CCC(N)=O)nnc1SC(C)C(=O)Nc1ncccn1. The summed E-state index contributed by atoms with van der Waals surface area (Å²) in [5, 5.41) is 11.2. The van der Waals surface area contributed by atoms with Gasteiger partial charge in [0, 0.05) is 31.8 Å². The Balaban J connectivity index is 2.08. The third kappa shape index (κ3) is 5.80. The zero-order valence-electron chi connectivity index (χ0n) is 15.0. The number of nitrogens with one attached hydrogen (secondary N) is 1. The van der Waals surface area contributed by atoms with Crippen LogP contribution in [-0.2, 0) is 22.6 Å². The second kappa shape index (κ2) is 9.27. The van der Waals surface area contributed by atoms with Crippen molar-refractivity contribution in [1.29, 1.82) is 0 Å². The smallest absolute Gasteiger partial charge is 0.240 e. The van der Waals surface area contributed by atoms with Crippen LogP contribution in [0.15, 0.2) is 23.6 Å². The molecule has 0 radical (unpaired) electrons. The number of hydrogen-bond acceptors (Lipinski definition) is 7. The first kappa shape index (κ1) is 19.8. The lowest BCUT2D eigenvalue weighted by molar-refractivity contribution is -0.118. The quantitative estimate of drug-likeness (QED) is 0.629. The van der Waals surface area contributed by atoms with Gasteiger partial charge >= 0.3 is 0 Å². The number of rotatable bonds is 9. The molecule has 10 heteroatoms. The maximum Gasteiger partial charge on any atom is 0.240 e. The molecule has 0 saturated heterocycles. The van der Waals surface area contributed by atoms with E-state index in [-0.39, 0.29) is 24.2 Å². The van der Waals surface area contributed by atoms with Crippen molar-refractivity contribution in [3.63, 3.8) is 0 Å². The van der Waals surface area contributed by atoms with Gasteiger partial charge in [-0.1, -0.05) is 25.6 Å². The van der Waals surface area contributed by atoms with E-state index in [4.69, 9.17) is 5.73 Å². The van der Waals surface area contributed by atoms with Gasteiger partial charge in [-0.2, -0.15) is 0 Å². The normalized spacial score (nSPS) is 12.2. The molecule has 2 heterocycles. The first-order valence-electron chi connectivity index (χ1n) is 8.31. The molecule has 0 saturated carbocycles. The third-order valence-corrected chi connectivity index (χ3v) is 4.47. The minimum Gasteiger partial charge on any atom is -0.370 e. The van der Waals surface area contributed by atoms with Crippen LogP contribution in [0.5, 0.6) is 0 Å². The Kier molecular flexibility index (Phi) is 7.07. The van der Waals surface area contributed by atoms with Crippen molar-refractivity contribution in [3.8, 4) is 0 Å². The molecular formula is C16H23N7O2S. The molecule has 1 atom stereocenters. The van der Waals surface area contributed by atoms with Gasteiger partial charge in [-0.15, -0.1) is 10.2 Å². The highest BCUT2D eigenvalue weighted by Crippen LogP contribution is 2.24. The minimum atomic E-state index is -0.419. The number of anilines is 1. The van der Waals surface area contributed by atoms with Crippen LogP contribution < -0.4 is 11.1 Å². The Labute approximate surface area is 156 Å². The molecule has 0 spiro atoms. The molecule has 140 valence electrons. The van der Waals surface area contributed by atoms with Crippen molar-refractivity contribution in [2.45, 2.75) is 50.6 Å². The number of carbonyl (C=O) groups excluding carboxylic acids is 2. The monoisotopic (exact) mass is 377 g/mol. The summed E-state index contributed by atoms with van der Waals surface area (Å²) in [6, 6.07) is 1.68. The molecule has 2 aromatic heterocycles. The van der Waals surface area contributed by atoms with Crippen LogP contribution in [0.4, 0.5) is 5.95 Å². The molecule has 0 fully saturated rings. The Hall–Kier alpha value is -2.49. The molecule has 3 N–H and O–H groups in total. The van der Waals surface area contributed by atoms with Crippen LogP contribution in [0.2, 0.25) is 0 Å². The van der Waals surface area contributed by atoms with Crippen molar-refractivity contribution >= 4 is 29.5 Å². The standard InChI is InChI=1S/C16H23N7O2S/c1-10(2)9-23-13(6-5-12(17)24)21-22-16(23)26-11(3)14(25)20-15-18-7-4-8-19-15/h4,7-8,10-11H,5-6,9H2,1-3H3,(H2,17,24)(H,18,19,20,25). The van der Waals surface area contributed by atoms with E-state index in [1.807, 2.05) is 4.57 Å². The van der Waals surface area contributed by atoms with E-state index >= 15 is 0 Å². The van der Waals surface area contributed by atoms with E-state index in [9.17, 15) is 9.59 Å². The van der Waals surface area contributed by atoms with Gasteiger partial charge in [0.1, 0.15) is 5.82 Å². The second-order valence-electron chi connectivity index (χ2n) is 6.19. The van der Waals surface area contributed by atoms with Crippen molar-refractivity contribution in [1.82, 2.24) is 24.7 Å². The Morgan fingerprint density at radius 3 is 2.54 bits per heavy atom. The lowest BCUT2D eigenvalue weighted by Gasteiger charge is -2.14. The average molecular weight is 377 g/mol. The van der Waals surface area contributed by atoms with Gasteiger partial charge in [0.15, 0.2) is 5.16 Å². The molecule has 0 bridgehead atoms. The highest BCUT2D eigenvalue weighted by atomic mass is 32.2. The maximum absolute atomic E-state index is 12.3. The van der Waals surface area contributed by atoms with Crippen LogP contribution >= 0.6 is 11.8 Å². The van der Waals surface area contributed by atoms with Crippen LogP contribution in [-0.4, -0.2) is 41.8 Å². The van der Waals surface area contributed by atoms with Gasteiger partial charge in [-0.3, -0.25) is 14.9 Å². The summed E-state index contributed by atoms with van der Waals surface area (Å²) in [4.78, 5) is 31.4. The molecule has 0 aromatic carbocycles. The first-order valence-corrected chi connectivity index (χ1v) is 9.19. The Morgan fingerprint density at radius 2 is 1.92 bits per heavy atom. The summed E-state index contributed by atoms with van der Waals surface area (Å²) in [6.07, 6.45) is 3.76. The van der Waals surface area contributed by atoms with Crippen molar-refractivity contribution < 1.29 is 9.59 Å². The molecular weight excluding hydrogens is 354 g/mol. The molecule has 2 rings (SSSR count). The summed E-state index contributed by atoms with van der Waals surface area (Å²) in [5.74, 6) is 0.710. The van der Waals surface area contributed by atoms with E-state index in [1.165, 1.54) is 11.8 Å². The molecule has 0 aliphatic rings. The molecule has 1 unspecified atom stereocenters. The van der Waals surface area contributed by atoms with Crippen LogP contribution in [0.1, 0.15) is 33.0 Å². The number of thioether (sulfide) groups is 1. The lowest BCUT2D eigenvalue weighted by atomic mass is 10.2. The van der Waals surface area contributed by atoms with Crippen molar-refractivity contribution in [2.75, 3.05) is 5.32 Å². The van der Waals surface area contributed by atoms with E-state index in [0.29, 0.717) is 29.9 Å². The number of primary amides is 1. The number of nitrogens with zero attached hydrogens (tertiary/aromatic N) is 5. The van der Waals surface area contributed by atoms with Crippen molar-refractivity contribution in [3.05, 3.63) is 24.3 Å². The number of aryl methyl sites for hydroxylation is 1. The predicted octanol–water partition coefficient (Wildman–Crippen LogP) is 1.26. The third-order valence-electron chi connectivity index (χ3n) is 3.39. The minimum absolute atomic E-state index is 0.211. The van der Waals surface area contributed by atoms with Gasteiger partial charge in [0.2, 0.25) is 17.8 Å². The predicted molar refractivity (Wildman–Crippen MR) is 98.4 cm³/mol. The lowest BCUT2D eigenvalue weighted by Crippen LogP contribution is -2.24. The van der Waals surface area contributed by atoms with Gasteiger partial charge in [-0.25, -0.2) is 9.97 Å². The summed E-state index contributed by atoms with van der Waals surface area (Å²) >= 11 is 1.30. The second-order valence-corrected chi connectivity index (χ2v) is 7.50. The average Bonchev–Trinajstić information content (AvgIpc) is 2.95. The molecule has 2 amide bonds. The van der Waals surface area contributed by atoms with E-state index in [1.54, 1.807) is 25.4 Å². The fraction of sp³-hybridized carbons (Fsp3) is 0.500. The van der Waals surface area contributed by atoms with Gasteiger partial charge in [-0.05, 0) is 18.9 Å². The number of amides is 2. The highest BCUT2D eigenvalue weighted by Gasteiger charge is 2.21. The number of hydrogen-bond donors (Lipinski definition) is 2. The number of carbonyl (C=O) groups is 2. The van der Waals surface area contributed by atoms with Gasteiger partial charge in [0.25, 0.3) is 0 Å². The van der Waals surface area contributed by atoms with Gasteiger partial charge in [0.05, 0.1) is 5.25 Å². The molecule has 0 aliphatic heterocycles. The molecule has 0 aliphatic carbocycles. The zero-order chi connectivity index (χ0) is 19.1. The van der Waals surface area contributed by atoms with Crippen LogP contribution in [0, 0.1) is 5.92 Å². The van der Waals surface area contributed by atoms with Crippen LogP contribution in [0.3, 0.4) is 0 Å². The topological polar surface area (TPSA) is 129 Å². The summed E-state index contributed by atoms with van der Waals surface area (Å²) in [5.41, 5.74) is 5.23. The molecule has 2 aromatic rings. The van der Waals surface area contributed by atoms with E-state index < -0.39 is 5.25 Å². The van der Waals surface area contributed by atoms with E-state index in [0.717, 1.165) is 0 Å². The number of nitrogens with two attached hydrogens (primary N) is 1. The zero-order valence-corrected chi connectivity index (χ0v) is 15.9. The summed E-state index contributed by atoms with van der Waals surface area (Å²) in [6.45, 7) is 6.63. The fourth-order valence-corrected chi connectivity index (χ4v) is 3.04. The summed E-state index contributed by atoms with van der Waals surface area (Å²) in [7, 11) is 0. The highest BCUT2D eigenvalue weighted by molar-refractivity contribution is 8.00. The molecule has 26 heavy (non-hydrogen) atoms. The molecule has 9 nitrogen and oxygen atoms in total. The fourth-order valence-electron chi connectivity index (χ4n) is 2.16.